The number of fused-ring (bicyclic) bond motifs is 1. The van der Waals surface area contributed by atoms with Crippen LogP contribution in [0.2, 0.25) is 5.02 Å². The Morgan fingerprint density at radius 3 is 2.76 bits per heavy atom. The Kier molecular flexibility index (Phi) is 5.49. The molecule has 0 spiro atoms. The predicted octanol–water partition coefficient (Wildman–Crippen LogP) is 4.67. The van der Waals surface area contributed by atoms with Crippen molar-refractivity contribution in [3.05, 3.63) is 52.5 Å². The van der Waals surface area contributed by atoms with E-state index in [1.165, 1.54) is 24.0 Å². The number of hydrogen-bond acceptors (Lipinski definition) is 3. The van der Waals surface area contributed by atoms with Crippen LogP contribution in [0, 0.1) is 0 Å². The quantitative estimate of drug-likeness (QED) is 0.816. The first-order valence-corrected chi connectivity index (χ1v) is 8.98. The number of hydrogen-bond donors (Lipinski definition) is 2. The molecule has 2 N–H and O–H groups in total. The van der Waals surface area contributed by atoms with Gasteiger partial charge in [0.1, 0.15) is 11.8 Å². The summed E-state index contributed by atoms with van der Waals surface area (Å²) < 4.78 is 5.28. The zero-order valence-corrected chi connectivity index (χ0v) is 15.3. The molecular formula is C20H23ClN2O2. The van der Waals surface area contributed by atoms with Crippen LogP contribution in [0.15, 0.2) is 36.4 Å². The summed E-state index contributed by atoms with van der Waals surface area (Å²) in [5, 5.41) is 6.80. The molecule has 4 nitrogen and oxygen atoms in total. The number of anilines is 2. The summed E-state index contributed by atoms with van der Waals surface area (Å²) >= 11 is 6.02. The molecule has 2 aromatic carbocycles. The number of aryl methyl sites for hydroxylation is 1. The average molecular weight is 359 g/mol. The van der Waals surface area contributed by atoms with Crippen molar-refractivity contribution in [2.24, 2.45) is 0 Å². The van der Waals surface area contributed by atoms with Gasteiger partial charge < -0.3 is 15.4 Å². The molecule has 1 atom stereocenters. The number of carbonyl (C=O) groups excluding carboxylic acids is 1. The molecule has 0 fully saturated rings. The summed E-state index contributed by atoms with van der Waals surface area (Å²) in [5.74, 6) is 0.455. The molecule has 1 unspecified atom stereocenters. The molecule has 1 amide bonds. The van der Waals surface area contributed by atoms with Gasteiger partial charge in [-0.05, 0) is 68.0 Å². The zero-order valence-electron chi connectivity index (χ0n) is 14.6. The maximum atomic E-state index is 12.6. The van der Waals surface area contributed by atoms with Crippen LogP contribution in [0.1, 0.15) is 30.9 Å². The van der Waals surface area contributed by atoms with E-state index in [2.05, 4.69) is 22.8 Å². The third-order valence-corrected chi connectivity index (χ3v) is 4.82. The minimum Gasteiger partial charge on any atom is -0.495 e. The molecule has 0 bridgehead atoms. The number of carbonyl (C=O) groups is 1. The van der Waals surface area contributed by atoms with E-state index in [-0.39, 0.29) is 11.9 Å². The lowest BCUT2D eigenvalue weighted by atomic mass is 9.90. The van der Waals surface area contributed by atoms with Crippen LogP contribution in [0.25, 0.3) is 0 Å². The topological polar surface area (TPSA) is 50.4 Å². The van der Waals surface area contributed by atoms with Crippen LogP contribution in [0.3, 0.4) is 0 Å². The van der Waals surface area contributed by atoms with Gasteiger partial charge in [0.25, 0.3) is 0 Å². The molecule has 0 radical (unpaired) electrons. The van der Waals surface area contributed by atoms with Gasteiger partial charge in [0, 0.05) is 10.7 Å². The number of rotatable bonds is 5. The molecule has 2 aromatic rings. The largest absolute Gasteiger partial charge is 0.495 e. The fraction of sp³-hybridized carbons (Fsp3) is 0.350. The Morgan fingerprint density at radius 1 is 1.16 bits per heavy atom. The molecule has 0 aliphatic heterocycles. The standard InChI is InChI=1S/C20H23ClN2O2/c1-13(20(24)23-18-12-15(21)10-11-19(18)25-2)22-17-9-5-7-14-6-3-4-8-16(14)17/h5,7,9-13,22H,3-4,6,8H2,1-2H3,(H,23,24). The van der Waals surface area contributed by atoms with Gasteiger partial charge in [0.15, 0.2) is 0 Å². The van der Waals surface area contributed by atoms with Gasteiger partial charge in [-0.3, -0.25) is 4.79 Å². The first-order chi connectivity index (χ1) is 12.1. The Bertz CT molecular complexity index is 776. The van der Waals surface area contributed by atoms with Gasteiger partial charge in [-0.2, -0.15) is 0 Å². The van der Waals surface area contributed by atoms with Crippen LogP contribution in [0.5, 0.6) is 5.75 Å². The number of benzene rings is 2. The van der Waals surface area contributed by atoms with Gasteiger partial charge in [0.05, 0.1) is 12.8 Å². The summed E-state index contributed by atoms with van der Waals surface area (Å²) in [7, 11) is 1.57. The van der Waals surface area contributed by atoms with Crippen molar-refractivity contribution in [3.63, 3.8) is 0 Å². The highest BCUT2D eigenvalue weighted by atomic mass is 35.5. The van der Waals surface area contributed by atoms with E-state index >= 15 is 0 Å². The second kappa shape index (κ2) is 7.79. The highest BCUT2D eigenvalue weighted by molar-refractivity contribution is 6.31. The highest BCUT2D eigenvalue weighted by Gasteiger charge is 2.18. The lowest BCUT2D eigenvalue weighted by Gasteiger charge is -2.23. The van der Waals surface area contributed by atoms with E-state index in [0.717, 1.165) is 18.5 Å². The van der Waals surface area contributed by atoms with Gasteiger partial charge in [-0.15, -0.1) is 0 Å². The Balaban J connectivity index is 1.73. The fourth-order valence-electron chi connectivity index (χ4n) is 3.23. The maximum Gasteiger partial charge on any atom is 0.246 e. The van der Waals surface area contributed by atoms with Crippen LogP contribution in [-0.4, -0.2) is 19.1 Å². The molecule has 0 aromatic heterocycles. The van der Waals surface area contributed by atoms with Crippen molar-refractivity contribution in [2.45, 2.75) is 38.6 Å². The summed E-state index contributed by atoms with van der Waals surface area (Å²) in [6.45, 7) is 1.86. The summed E-state index contributed by atoms with van der Waals surface area (Å²) in [6, 6.07) is 11.1. The number of ether oxygens (including phenoxy) is 1. The number of amides is 1. The number of methoxy groups -OCH3 is 1. The van der Waals surface area contributed by atoms with Gasteiger partial charge in [-0.1, -0.05) is 23.7 Å². The minimum absolute atomic E-state index is 0.131. The van der Waals surface area contributed by atoms with Crippen molar-refractivity contribution >= 4 is 28.9 Å². The lowest BCUT2D eigenvalue weighted by molar-refractivity contribution is -0.116. The van der Waals surface area contributed by atoms with Gasteiger partial charge in [-0.25, -0.2) is 0 Å². The van der Waals surface area contributed by atoms with Crippen molar-refractivity contribution < 1.29 is 9.53 Å². The Labute approximate surface area is 153 Å². The number of nitrogens with one attached hydrogen (secondary N) is 2. The normalized spacial score (nSPS) is 14.4. The molecule has 3 rings (SSSR count). The zero-order chi connectivity index (χ0) is 17.8. The SMILES string of the molecule is COc1ccc(Cl)cc1NC(=O)C(C)Nc1cccc2c1CCCC2. The monoisotopic (exact) mass is 358 g/mol. The average Bonchev–Trinajstić information content (AvgIpc) is 2.62. The number of halogens is 1. The second-order valence-corrected chi connectivity index (χ2v) is 6.79. The molecule has 1 aliphatic rings. The van der Waals surface area contributed by atoms with Crippen LogP contribution in [-0.2, 0) is 17.6 Å². The first-order valence-electron chi connectivity index (χ1n) is 8.60. The van der Waals surface area contributed by atoms with Crippen molar-refractivity contribution in [1.29, 1.82) is 0 Å². The molecule has 25 heavy (non-hydrogen) atoms. The molecule has 5 heteroatoms. The molecule has 132 valence electrons. The first kappa shape index (κ1) is 17.6. The summed E-state index contributed by atoms with van der Waals surface area (Å²) in [6.07, 6.45) is 4.62. The third-order valence-electron chi connectivity index (χ3n) is 4.58. The molecule has 1 aliphatic carbocycles. The Morgan fingerprint density at radius 2 is 1.96 bits per heavy atom. The molecule has 0 heterocycles. The molecule has 0 saturated heterocycles. The van der Waals surface area contributed by atoms with Gasteiger partial charge in [0.2, 0.25) is 5.91 Å². The Hall–Kier alpha value is -2.20. The van der Waals surface area contributed by atoms with Crippen LogP contribution in [0.4, 0.5) is 11.4 Å². The lowest BCUT2D eigenvalue weighted by Crippen LogP contribution is -2.32. The van der Waals surface area contributed by atoms with Crippen molar-refractivity contribution in [3.8, 4) is 5.75 Å². The van der Waals surface area contributed by atoms with Crippen molar-refractivity contribution in [1.82, 2.24) is 0 Å². The maximum absolute atomic E-state index is 12.6. The highest BCUT2D eigenvalue weighted by Crippen LogP contribution is 2.30. The predicted molar refractivity (Wildman–Crippen MR) is 103 cm³/mol. The minimum atomic E-state index is -0.378. The molecule has 0 saturated carbocycles. The van der Waals surface area contributed by atoms with E-state index in [9.17, 15) is 4.79 Å². The van der Waals surface area contributed by atoms with Crippen molar-refractivity contribution in [2.75, 3.05) is 17.7 Å². The van der Waals surface area contributed by atoms with E-state index in [0.29, 0.717) is 16.5 Å². The van der Waals surface area contributed by atoms with E-state index in [1.807, 2.05) is 13.0 Å². The smallest absolute Gasteiger partial charge is 0.246 e. The van der Waals surface area contributed by atoms with Gasteiger partial charge >= 0.3 is 0 Å². The van der Waals surface area contributed by atoms with E-state index in [4.69, 9.17) is 16.3 Å². The van der Waals surface area contributed by atoms with E-state index in [1.54, 1.807) is 25.3 Å². The second-order valence-electron chi connectivity index (χ2n) is 6.35. The summed E-state index contributed by atoms with van der Waals surface area (Å²) in [4.78, 5) is 12.6. The summed E-state index contributed by atoms with van der Waals surface area (Å²) in [5.41, 5.74) is 4.36. The fourth-order valence-corrected chi connectivity index (χ4v) is 3.41. The van der Waals surface area contributed by atoms with E-state index < -0.39 is 0 Å². The van der Waals surface area contributed by atoms with Crippen LogP contribution < -0.4 is 15.4 Å². The van der Waals surface area contributed by atoms with Crippen LogP contribution >= 0.6 is 11.6 Å². The third kappa shape index (κ3) is 4.07. The molecular weight excluding hydrogens is 336 g/mol.